The number of rotatable bonds is 4. The number of nitrogens with two attached hydrogens (primary N) is 1. The third-order valence-corrected chi connectivity index (χ3v) is 5.88. The van der Waals surface area contributed by atoms with E-state index in [2.05, 4.69) is 9.97 Å². The Labute approximate surface area is 181 Å². The van der Waals surface area contributed by atoms with Gasteiger partial charge in [0.05, 0.1) is 16.8 Å². The van der Waals surface area contributed by atoms with Crippen LogP contribution in [0.1, 0.15) is 29.9 Å². The summed E-state index contributed by atoms with van der Waals surface area (Å²) in [7, 11) is 0. The average Bonchev–Trinajstić information content (AvgIpc) is 3.61. The number of pyridine rings is 3. The van der Waals surface area contributed by atoms with Gasteiger partial charge < -0.3 is 16.1 Å². The molecule has 4 N–H and O–H groups in total. The summed E-state index contributed by atoms with van der Waals surface area (Å²) >= 11 is 6.53. The van der Waals surface area contributed by atoms with E-state index in [1.165, 1.54) is 12.1 Å². The van der Waals surface area contributed by atoms with E-state index in [0.717, 1.165) is 24.6 Å². The van der Waals surface area contributed by atoms with Gasteiger partial charge in [-0.2, -0.15) is 4.57 Å². The van der Waals surface area contributed by atoms with Crippen molar-refractivity contribution in [2.75, 3.05) is 5.73 Å². The van der Waals surface area contributed by atoms with Crippen molar-refractivity contribution >= 4 is 34.5 Å². The van der Waals surface area contributed by atoms with E-state index < -0.39 is 5.82 Å². The van der Waals surface area contributed by atoms with Crippen molar-refractivity contribution in [3.63, 3.8) is 0 Å². The molecular formula is C23H18ClFN5O+. The lowest BCUT2D eigenvalue weighted by Gasteiger charge is -2.14. The van der Waals surface area contributed by atoms with E-state index >= 15 is 0 Å². The Morgan fingerprint density at radius 2 is 2.00 bits per heavy atom. The van der Waals surface area contributed by atoms with Crippen LogP contribution >= 0.6 is 11.6 Å². The molecule has 0 unspecified atom stereocenters. The molecule has 6 nitrogen and oxygen atoms in total. The number of H-pyrrole nitrogens is 1. The SMILES string of the molecule is N=Cc1c(-c2c(-[n+]3ccccc3)c(=O)[nH]c3cc(C4CC4)c(Cl)nc23)ccc(F)c1N. The first-order chi connectivity index (χ1) is 15.0. The number of fused-ring (bicyclic) bond motifs is 1. The molecule has 1 saturated carbocycles. The highest BCUT2D eigenvalue weighted by molar-refractivity contribution is 6.30. The van der Waals surface area contributed by atoms with Crippen LogP contribution in [0.4, 0.5) is 10.1 Å². The molecule has 0 aliphatic heterocycles. The van der Waals surface area contributed by atoms with Crippen LogP contribution in [0, 0.1) is 11.2 Å². The molecule has 31 heavy (non-hydrogen) atoms. The maximum atomic E-state index is 14.2. The number of hydrogen-bond donors (Lipinski definition) is 3. The summed E-state index contributed by atoms with van der Waals surface area (Å²) in [6.07, 6.45) is 6.53. The van der Waals surface area contributed by atoms with Crippen LogP contribution in [0.2, 0.25) is 5.15 Å². The molecule has 1 aromatic carbocycles. The second-order valence-corrected chi connectivity index (χ2v) is 7.92. The quantitative estimate of drug-likeness (QED) is 0.195. The van der Waals surface area contributed by atoms with Crippen molar-refractivity contribution < 1.29 is 8.96 Å². The first-order valence-corrected chi connectivity index (χ1v) is 10.2. The molecular weight excluding hydrogens is 417 g/mol. The lowest BCUT2D eigenvalue weighted by molar-refractivity contribution is -0.596. The third-order valence-electron chi connectivity index (χ3n) is 5.58. The molecule has 5 rings (SSSR count). The Morgan fingerprint density at radius 1 is 1.26 bits per heavy atom. The number of halogens is 2. The lowest BCUT2D eigenvalue weighted by atomic mass is 9.95. The van der Waals surface area contributed by atoms with Crippen molar-refractivity contribution in [2.24, 2.45) is 0 Å². The van der Waals surface area contributed by atoms with Crippen molar-refractivity contribution in [3.05, 3.63) is 81.2 Å². The minimum atomic E-state index is -0.632. The molecule has 1 aliphatic rings. The van der Waals surface area contributed by atoms with Gasteiger partial charge in [0.2, 0.25) is 0 Å². The summed E-state index contributed by atoms with van der Waals surface area (Å²) in [4.78, 5) is 20.8. The molecule has 1 fully saturated rings. The fourth-order valence-corrected chi connectivity index (χ4v) is 4.21. The predicted molar refractivity (Wildman–Crippen MR) is 119 cm³/mol. The van der Waals surface area contributed by atoms with Crippen LogP contribution in [0.3, 0.4) is 0 Å². The van der Waals surface area contributed by atoms with Crippen LogP contribution in [-0.4, -0.2) is 16.2 Å². The fraction of sp³-hybridized carbons (Fsp3) is 0.130. The minimum Gasteiger partial charge on any atom is -0.396 e. The number of nitrogens with one attached hydrogen (secondary N) is 2. The molecule has 0 spiro atoms. The van der Waals surface area contributed by atoms with Gasteiger partial charge in [-0.1, -0.05) is 23.7 Å². The highest BCUT2D eigenvalue weighted by Gasteiger charge is 2.30. The maximum Gasteiger partial charge on any atom is 0.321 e. The molecule has 154 valence electrons. The zero-order valence-corrected chi connectivity index (χ0v) is 17.1. The predicted octanol–water partition coefficient (Wildman–Crippen LogP) is 4.12. The van der Waals surface area contributed by atoms with Gasteiger partial charge in [-0.3, -0.25) is 4.79 Å². The first-order valence-electron chi connectivity index (χ1n) is 9.81. The van der Waals surface area contributed by atoms with E-state index in [4.69, 9.17) is 22.7 Å². The Morgan fingerprint density at radius 3 is 2.68 bits per heavy atom. The van der Waals surface area contributed by atoms with Gasteiger partial charge in [0.1, 0.15) is 16.5 Å². The smallest absolute Gasteiger partial charge is 0.321 e. The molecule has 0 radical (unpaired) electrons. The molecule has 4 aromatic rings. The summed E-state index contributed by atoms with van der Waals surface area (Å²) in [6.45, 7) is 0. The number of nitrogens with zero attached hydrogens (tertiary/aromatic N) is 2. The molecule has 0 amide bonds. The Balaban J connectivity index is 1.95. The van der Waals surface area contributed by atoms with Crippen molar-refractivity contribution in [2.45, 2.75) is 18.8 Å². The van der Waals surface area contributed by atoms with Crippen molar-refractivity contribution in [3.8, 4) is 16.8 Å². The number of nitrogen functional groups attached to an aromatic ring is 1. The lowest BCUT2D eigenvalue weighted by Crippen LogP contribution is -2.37. The highest BCUT2D eigenvalue weighted by atomic mass is 35.5. The van der Waals surface area contributed by atoms with E-state index in [0.29, 0.717) is 33.2 Å². The second kappa shape index (κ2) is 7.28. The number of aromatic amines is 1. The van der Waals surface area contributed by atoms with Gasteiger partial charge >= 0.3 is 5.56 Å². The molecule has 0 bridgehead atoms. The second-order valence-electron chi connectivity index (χ2n) is 7.57. The van der Waals surface area contributed by atoms with E-state index in [9.17, 15) is 9.18 Å². The van der Waals surface area contributed by atoms with Crippen molar-refractivity contribution in [1.29, 1.82) is 5.41 Å². The van der Waals surface area contributed by atoms with E-state index in [-0.39, 0.29) is 22.5 Å². The topological polar surface area (TPSA) is 99.5 Å². The summed E-state index contributed by atoms with van der Waals surface area (Å²) in [5, 5.41) is 8.21. The monoisotopic (exact) mass is 434 g/mol. The third kappa shape index (κ3) is 3.18. The largest absolute Gasteiger partial charge is 0.396 e. The number of hydrogen-bond acceptors (Lipinski definition) is 4. The number of anilines is 1. The Kier molecular flexibility index (Phi) is 4.55. The summed E-state index contributed by atoms with van der Waals surface area (Å²) in [5.41, 5.74) is 8.65. The molecule has 0 atom stereocenters. The summed E-state index contributed by atoms with van der Waals surface area (Å²) in [5.74, 6) is -0.287. The molecule has 3 heterocycles. The van der Waals surface area contributed by atoms with Crippen LogP contribution in [0.15, 0.2) is 53.6 Å². The molecule has 1 aliphatic carbocycles. The Bertz CT molecular complexity index is 1410. The van der Waals surface area contributed by atoms with E-state index in [1.807, 2.05) is 12.1 Å². The van der Waals surface area contributed by atoms with Crippen LogP contribution in [0.25, 0.3) is 27.8 Å². The highest BCUT2D eigenvalue weighted by Crippen LogP contribution is 2.44. The number of aromatic nitrogens is 3. The number of benzene rings is 1. The first kappa shape index (κ1) is 19.4. The van der Waals surface area contributed by atoms with Gasteiger partial charge in [-0.05, 0) is 36.5 Å². The standard InChI is InChI=1S/C23H17ClFN5O/c24-22-14(12-4-5-12)10-17-20(29-22)18(13-6-7-16(25)19(27)15(13)11-26)21(23(31)28-17)30-8-2-1-3-9-30/h1-3,6-12H,4-5H2,(H3-,26,27,28,31)/p+1. The van der Waals surface area contributed by atoms with Crippen LogP contribution in [-0.2, 0) is 0 Å². The molecule has 3 aromatic heterocycles. The fourth-order valence-electron chi connectivity index (χ4n) is 3.91. The van der Waals surface area contributed by atoms with Crippen molar-refractivity contribution in [1.82, 2.24) is 9.97 Å². The normalized spacial score (nSPS) is 13.5. The van der Waals surface area contributed by atoms with E-state index in [1.54, 1.807) is 29.1 Å². The zero-order valence-electron chi connectivity index (χ0n) is 16.3. The van der Waals surface area contributed by atoms with Gasteiger partial charge in [0.15, 0.2) is 12.4 Å². The molecule has 0 saturated heterocycles. The van der Waals surface area contributed by atoms with Crippen LogP contribution < -0.4 is 15.9 Å². The van der Waals surface area contributed by atoms with Crippen LogP contribution in [0.5, 0.6) is 0 Å². The molecule has 8 heteroatoms. The Hall–Kier alpha value is -3.58. The van der Waals surface area contributed by atoms with Gasteiger partial charge in [0.25, 0.3) is 5.69 Å². The zero-order chi connectivity index (χ0) is 21.7. The summed E-state index contributed by atoms with van der Waals surface area (Å²) in [6, 6.07) is 10.0. The van der Waals surface area contributed by atoms with Gasteiger partial charge in [-0.25, -0.2) is 9.37 Å². The van der Waals surface area contributed by atoms with Gasteiger partial charge in [0, 0.05) is 29.5 Å². The summed E-state index contributed by atoms with van der Waals surface area (Å²) < 4.78 is 15.8. The van der Waals surface area contributed by atoms with Gasteiger partial charge in [-0.15, -0.1) is 0 Å². The minimum absolute atomic E-state index is 0.161. The average molecular weight is 435 g/mol. The maximum absolute atomic E-state index is 14.2.